The molecule has 0 N–H and O–H groups in total. The maximum absolute atomic E-state index is 12.2. The van der Waals surface area contributed by atoms with Gasteiger partial charge in [-0.25, -0.2) is 0 Å². The Labute approximate surface area is 158 Å². The quantitative estimate of drug-likeness (QED) is 0.585. The molecule has 3 aromatic rings. The van der Waals surface area contributed by atoms with Gasteiger partial charge in [0.05, 0.1) is 11.4 Å². The van der Waals surface area contributed by atoms with Crippen LogP contribution in [0, 0.1) is 0 Å². The average molecular weight is 394 g/mol. The fourth-order valence-corrected chi connectivity index (χ4v) is 3.15. The third-order valence-electron chi connectivity index (χ3n) is 3.33. The summed E-state index contributed by atoms with van der Waals surface area (Å²) in [6.07, 6.45) is 3.08. The zero-order valence-electron chi connectivity index (χ0n) is 13.1. The molecule has 0 aliphatic carbocycles. The van der Waals surface area contributed by atoms with E-state index in [-0.39, 0.29) is 12.5 Å². The predicted octanol–water partition coefficient (Wildman–Crippen LogP) is 4.78. The van der Waals surface area contributed by atoms with Crippen LogP contribution in [0.25, 0.3) is 16.8 Å². The van der Waals surface area contributed by atoms with Crippen molar-refractivity contribution in [2.75, 3.05) is 7.05 Å². The topological polar surface area (TPSA) is 59.2 Å². The fraction of sp³-hybridized carbons (Fsp3) is 0.118. The van der Waals surface area contributed by atoms with E-state index in [9.17, 15) is 4.79 Å². The van der Waals surface area contributed by atoms with Crippen molar-refractivity contribution in [1.82, 2.24) is 15.0 Å². The molecule has 3 rings (SSSR count). The van der Waals surface area contributed by atoms with Gasteiger partial charge in [0.15, 0.2) is 0 Å². The van der Waals surface area contributed by atoms with Gasteiger partial charge in [-0.1, -0.05) is 40.5 Å². The predicted molar refractivity (Wildman–Crippen MR) is 99.6 cm³/mol. The molecule has 0 unspecified atom stereocenters. The molecule has 2 heterocycles. The third kappa shape index (κ3) is 4.48. The molecule has 8 heteroatoms. The van der Waals surface area contributed by atoms with Crippen LogP contribution in [-0.4, -0.2) is 28.0 Å². The Hall–Kier alpha value is -2.15. The van der Waals surface area contributed by atoms with Crippen molar-refractivity contribution in [3.63, 3.8) is 0 Å². The maximum Gasteiger partial charge on any atom is 0.246 e. The van der Waals surface area contributed by atoms with E-state index in [0.29, 0.717) is 27.3 Å². The number of carbonyl (C=O) groups excluding carboxylic acids is 1. The molecule has 1 aromatic carbocycles. The van der Waals surface area contributed by atoms with Crippen LogP contribution < -0.4 is 0 Å². The Morgan fingerprint density at radius 2 is 2.20 bits per heavy atom. The molecule has 0 saturated heterocycles. The number of rotatable bonds is 5. The van der Waals surface area contributed by atoms with Gasteiger partial charge >= 0.3 is 0 Å². The molecule has 0 bridgehead atoms. The number of hydrogen-bond acceptors (Lipinski definition) is 5. The second-order valence-electron chi connectivity index (χ2n) is 5.18. The van der Waals surface area contributed by atoms with Gasteiger partial charge in [-0.2, -0.15) is 4.98 Å². The van der Waals surface area contributed by atoms with Crippen LogP contribution in [0.2, 0.25) is 10.0 Å². The van der Waals surface area contributed by atoms with Crippen LogP contribution in [-0.2, 0) is 11.3 Å². The van der Waals surface area contributed by atoms with E-state index >= 15 is 0 Å². The highest BCUT2D eigenvalue weighted by Gasteiger charge is 2.13. The lowest BCUT2D eigenvalue weighted by atomic mass is 10.2. The van der Waals surface area contributed by atoms with Crippen molar-refractivity contribution in [2.45, 2.75) is 6.54 Å². The van der Waals surface area contributed by atoms with Crippen molar-refractivity contribution < 1.29 is 9.32 Å². The number of carbonyl (C=O) groups is 1. The standard InChI is InChI=1S/C17H13Cl2N3O2S/c1-22(10-15-20-17(21-24-15)14-3-2-8-25-14)16(23)7-5-11-4-6-12(18)9-13(11)19/h2-9H,10H2,1H3/b7-5+. The van der Waals surface area contributed by atoms with E-state index in [1.807, 2.05) is 17.5 Å². The van der Waals surface area contributed by atoms with E-state index in [0.717, 1.165) is 4.88 Å². The molecular weight excluding hydrogens is 381 g/mol. The summed E-state index contributed by atoms with van der Waals surface area (Å²) < 4.78 is 5.20. The minimum Gasteiger partial charge on any atom is -0.337 e. The van der Waals surface area contributed by atoms with Gasteiger partial charge in [0.1, 0.15) is 0 Å². The van der Waals surface area contributed by atoms with Crippen LogP contribution >= 0.6 is 34.5 Å². The summed E-state index contributed by atoms with van der Waals surface area (Å²) in [7, 11) is 1.66. The van der Waals surface area contributed by atoms with Gasteiger partial charge in [-0.15, -0.1) is 11.3 Å². The summed E-state index contributed by atoms with van der Waals surface area (Å²) in [5.41, 5.74) is 0.714. The molecule has 0 radical (unpaired) electrons. The van der Waals surface area contributed by atoms with Gasteiger partial charge in [0.25, 0.3) is 0 Å². The number of likely N-dealkylation sites (N-methyl/N-ethyl adjacent to an activating group) is 1. The lowest BCUT2D eigenvalue weighted by Gasteiger charge is -2.11. The largest absolute Gasteiger partial charge is 0.337 e. The van der Waals surface area contributed by atoms with E-state index < -0.39 is 0 Å². The minimum absolute atomic E-state index is 0.207. The highest BCUT2D eigenvalue weighted by molar-refractivity contribution is 7.13. The first kappa shape index (κ1) is 17.7. The van der Waals surface area contributed by atoms with Crippen LogP contribution in [0.4, 0.5) is 0 Å². The highest BCUT2D eigenvalue weighted by atomic mass is 35.5. The van der Waals surface area contributed by atoms with Crippen LogP contribution in [0.1, 0.15) is 11.5 Å². The number of amides is 1. The lowest BCUT2D eigenvalue weighted by molar-refractivity contribution is -0.125. The molecule has 0 aliphatic heterocycles. The minimum atomic E-state index is -0.207. The van der Waals surface area contributed by atoms with Crippen molar-refractivity contribution >= 4 is 46.5 Å². The van der Waals surface area contributed by atoms with E-state index in [4.69, 9.17) is 27.7 Å². The van der Waals surface area contributed by atoms with E-state index in [1.54, 1.807) is 31.3 Å². The number of thiophene rings is 1. The Bertz CT molecular complexity index is 907. The molecule has 2 aromatic heterocycles. The second-order valence-corrected chi connectivity index (χ2v) is 6.97. The summed E-state index contributed by atoms with van der Waals surface area (Å²) >= 11 is 13.5. The molecule has 128 valence electrons. The average Bonchev–Trinajstić information content (AvgIpc) is 3.24. The number of benzene rings is 1. The van der Waals surface area contributed by atoms with Crippen LogP contribution in [0.3, 0.4) is 0 Å². The first-order valence-electron chi connectivity index (χ1n) is 7.27. The summed E-state index contributed by atoms with van der Waals surface area (Å²) in [4.78, 5) is 18.9. The first-order valence-corrected chi connectivity index (χ1v) is 8.91. The van der Waals surface area contributed by atoms with Crippen molar-refractivity contribution in [1.29, 1.82) is 0 Å². The Balaban J connectivity index is 1.63. The van der Waals surface area contributed by atoms with E-state index in [1.165, 1.54) is 22.3 Å². The Morgan fingerprint density at radius 1 is 1.36 bits per heavy atom. The number of nitrogens with zero attached hydrogens (tertiary/aromatic N) is 3. The second kappa shape index (κ2) is 7.82. The zero-order chi connectivity index (χ0) is 17.8. The fourth-order valence-electron chi connectivity index (χ4n) is 2.03. The molecule has 5 nitrogen and oxygen atoms in total. The smallest absolute Gasteiger partial charge is 0.246 e. The lowest BCUT2D eigenvalue weighted by Crippen LogP contribution is -2.24. The first-order chi connectivity index (χ1) is 12.0. The van der Waals surface area contributed by atoms with E-state index in [2.05, 4.69) is 10.1 Å². The normalized spacial score (nSPS) is 11.2. The van der Waals surface area contributed by atoms with Gasteiger partial charge < -0.3 is 9.42 Å². The number of hydrogen-bond donors (Lipinski definition) is 0. The van der Waals surface area contributed by atoms with Crippen molar-refractivity contribution in [3.05, 3.63) is 63.3 Å². The third-order valence-corrected chi connectivity index (χ3v) is 4.75. The van der Waals surface area contributed by atoms with Gasteiger partial charge in [-0.05, 0) is 35.2 Å². The van der Waals surface area contributed by atoms with Gasteiger partial charge in [-0.3, -0.25) is 4.79 Å². The summed E-state index contributed by atoms with van der Waals surface area (Å²) in [6.45, 7) is 0.218. The highest BCUT2D eigenvalue weighted by Crippen LogP contribution is 2.23. The van der Waals surface area contributed by atoms with Gasteiger partial charge in [0, 0.05) is 23.2 Å². The van der Waals surface area contributed by atoms with Crippen LogP contribution in [0.15, 0.2) is 46.3 Å². The summed E-state index contributed by atoms with van der Waals surface area (Å²) in [5.74, 6) is 0.688. The van der Waals surface area contributed by atoms with Crippen LogP contribution in [0.5, 0.6) is 0 Å². The molecule has 0 spiro atoms. The molecule has 0 fully saturated rings. The molecular formula is C17H13Cl2N3O2S. The monoisotopic (exact) mass is 393 g/mol. The zero-order valence-corrected chi connectivity index (χ0v) is 15.5. The Kier molecular flexibility index (Phi) is 5.53. The Morgan fingerprint density at radius 3 is 2.92 bits per heavy atom. The van der Waals surface area contributed by atoms with Crippen molar-refractivity contribution in [2.24, 2.45) is 0 Å². The molecule has 0 atom stereocenters. The number of halogens is 2. The summed E-state index contributed by atoms with van der Waals surface area (Å²) in [6, 6.07) is 8.91. The SMILES string of the molecule is CN(Cc1nc(-c2cccs2)no1)C(=O)/C=C/c1ccc(Cl)cc1Cl. The number of aromatic nitrogens is 2. The van der Waals surface area contributed by atoms with Crippen molar-refractivity contribution in [3.8, 4) is 10.7 Å². The maximum atomic E-state index is 12.2. The molecule has 25 heavy (non-hydrogen) atoms. The molecule has 1 amide bonds. The summed E-state index contributed by atoms with van der Waals surface area (Å²) in [5, 5.41) is 6.89. The molecule has 0 aliphatic rings. The van der Waals surface area contributed by atoms with Gasteiger partial charge in [0.2, 0.25) is 17.6 Å². The molecule has 0 saturated carbocycles.